The molecule has 0 spiro atoms. The minimum absolute atomic E-state index is 0.236. The van der Waals surface area contributed by atoms with Crippen molar-refractivity contribution in [2.45, 2.75) is 53.0 Å². The van der Waals surface area contributed by atoms with Crippen LogP contribution >= 0.6 is 0 Å². The number of nitrogens with one attached hydrogen (secondary N) is 1. The molecule has 0 aliphatic carbocycles. The van der Waals surface area contributed by atoms with Gasteiger partial charge < -0.3 is 9.73 Å². The molecule has 1 aromatic heterocycles. The van der Waals surface area contributed by atoms with Crippen molar-refractivity contribution in [1.29, 1.82) is 0 Å². The number of Topliss-reactive ketones (excluding diaryl/α,β-unsaturated/α-hetero) is 1. The first kappa shape index (κ1) is 19.9. The number of amides is 3. The van der Waals surface area contributed by atoms with E-state index in [0.29, 0.717) is 29.1 Å². The predicted molar refractivity (Wildman–Crippen MR) is 105 cm³/mol. The molecule has 0 radical (unpaired) electrons. The first-order valence-corrected chi connectivity index (χ1v) is 9.57. The molecule has 1 unspecified atom stereocenters. The maximum Gasteiger partial charge on any atom is 0.325 e. The molecule has 3 rings (SSSR count). The number of ketones is 1. The predicted octanol–water partition coefficient (Wildman–Crippen LogP) is 3.67. The Kier molecular flexibility index (Phi) is 5.15. The second-order valence-corrected chi connectivity index (χ2v) is 7.40. The quantitative estimate of drug-likeness (QED) is 0.611. The zero-order valence-corrected chi connectivity index (χ0v) is 17.0. The molecule has 6 heteroatoms. The molecular formula is C22H26N2O4. The average Bonchev–Trinajstić information content (AvgIpc) is 3.12. The van der Waals surface area contributed by atoms with Crippen LogP contribution in [0, 0.1) is 13.8 Å². The summed E-state index contributed by atoms with van der Waals surface area (Å²) in [6.45, 7) is 8.90. The minimum atomic E-state index is -1.24. The SMILES string of the molecule is CCc1ccc(CC)c(C(=O)CN2C(=O)NC(C)(c3cc(C)oc3C)C2=O)c1. The van der Waals surface area contributed by atoms with Crippen LogP contribution in [0.5, 0.6) is 0 Å². The number of nitrogens with zero attached hydrogens (tertiary/aromatic N) is 1. The third-order valence-corrected chi connectivity index (χ3v) is 5.42. The zero-order valence-electron chi connectivity index (χ0n) is 17.0. The van der Waals surface area contributed by atoms with E-state index in [1.54, 1.807) is 26.8 Å². The van der Waals surface area contributed by atoms with Crippen molar-refractivity contribution >= 4 is 17.7 Å². The highest BCUT2D eigenvalue weighted by atomic mass is 16.3. The van der Waals surface area contributed by atoms with Gasteiger partial charge in [-0.2, -0.15) is 0 Å². The summed E-state index contributed by atoms with van der Waals surface area (Å²) in [6.07, 6.45) is 1.51. The van der Waals surface area contributed by atoms with Crippen molar-refractivity contribution < 1.29 is 18.8 Å². The van der Waals surface area contributed by atoms with Crippen molar-refractivity contribution in [2.75, 3.05) is 6.54 Å². The van der Waals surface area contributed by atoms with Gasteiger partial charge in [0, 0.05) is 11.1 Å². The molecule has 28 heavy (non-hydrogen) atoms. The zero-order chi connectivity index (χ0) is 20.6. The number of furan rings is 1. The van der Waals surface area contributed by atoms with Crippen LogP contribution in [0.1, 0.15) is 59.3 Å². The summed E-state index contributed by atoms with van der Waals surface area (Å²) in [6, 6.07) is 6.99. The Balaban J connectivity index is 1.89. The Bertz CT molecular complexity index is 959. The first-order chi connectivity index (χ1) is 13.2. The number of benzene rings is 1. The summed E-state index contributed by atoms with van der Waals surface area (Å²) in [5.74, 6) is 0.555. The molecule has 3 amide bonds. The van der Waals surface area contributed by atoms with Crippen LogP contribution in [0.2, 0.25) is 0 Å². The van der Waals surface area contributed by atoms with E-state index < -0.39 is 17.5 Å². The molecule has 0 saturated carbocycles. The van der Waals surface area contributed by atoms with Gasteiger partial charge in [-0.25, -0.2) is 4.79 Å². The molecule has 2 heterocycles. The van der Waals surface area contributed by atoms with E-state index in [1.165, 1.54) is 0 Å². The van der Waals surface area contributed by atoms with Crippen LogP contribution in [0.3, 0.4) is 0 Å². The van der Waals surface area contributed by atoms with E-state index in [1.807, 2.05) is 32.0 Å². The lowest BCUT2D eigenvalue weighted by molar-refractivity contribution is -0.130. The molecule has 148 valence electrons. The van der Waals surface area contributed by atoms with Gasteiger partial charge >= 0.3 is 6.03 Å². The summed E-state index contributed by atoms with van der Waals surface area (Å²) in [5.41, 5.74) is 1.91. The topological polar surface area (TPSA) is 79.6 Å². The van der Waals surface area contributed by atoms with Crippen LogP contribution < -0.4 is 5.32 Å². The van der Waals surface area contributed by atoms with Crippen LogP contribution in [-0.4, -0.2) is 29.2 Å². The number of carbonyl (C=O) groups excluding carboxylic acids is 3. The lowest BCUT2D eigenvalue weighted by Crippen LogP contribution is -2.41. The molecule has 1 fully saturated rings. The fourth-order valence-corrected chi connectivity index (χ4v) is 3.79. The summed E-state index contributed by atoms with van der Waals surface area (Å²) in [5, 5.41) is 2.73. The Morgan fingerprint density at radius 1 is 1.14 bits per heavy atom. The molecule has 1 N–H and O–H groups in total. The number of hydrogen-bond acceptors (Lipinski definition) is 4. The maximum atomic E-state index is 13.1. The smallest absolute Gasteiger partial charge is 0.325 e. The lowest BCUT2D eigenvalue weighted by Gasteiger charge is -2.21. The Morgan fingerprint density at radius 2 is 1.86 bits per heavy atom. The summed E-state index contributed by atoms with van der Waals surface area (Å²) < 4.78 is 5.53. The second-order valence-electron chi connectivity index (χ2n) is 7.40. The van der Waals surface area contributed by atoms with E-state index in [4.69, 9.17) is 4.42 Å². The van der Waals surface area contributed by atoms with Crippen LogP contribution in [-0.2, 0) is 23.2 Å². The Hall–Kier alpha value is -2.89. The van der Waals surface area contributed by atoms with Gasteiger partial charge in [-0.15, -0.1) is 0 Å². The van der Waals surface area contributed by atoms with E-state index in [-0.39, 0.29) is 12.3 Å². The number of hydrogen-bond donors (Lipinski definition) is 1. The van der Waals surface area contributed by atoms with Crippen LogP contribution in [0.4, 0.5) is 4.79 Å². The van der Waals surface area contributed by atoms with E-state index in [9.17, 15) is 14.4 Å². The van der Waals surface area contributed by atoms with Gasteiger partial charge in [-0.1, -0.05) is 26.0 Å². The summed E-state index contributed by atoms with van der Waals surface area (Å²) in [7, 11) is 0. The van der Waals surface area contributed by atoms with Gasteiger partial charge in [0.2, 0.25) is 0 Å². The van der Waals surface area contributed by atoms with Crippen molar-refractivity contribution in [3.05, 3.63) is 58.0 Å². The molecule has 1 aromatic carbocycles. The highest BCUT2D eigenvalue weighted by Crippen LogP contribution is 2.33. The van der Waals surface area contributed by atoms with Crippen molar-refractivity contribution in [3.63, 3.8) is 0 Å². The maximum absolute atomic E-state index is 13.1. The standard InChI is InChI=1S/C22H26N2O4/c1-6-15-8-9-16(7-2)17(11-15)19(25)12-24-20(26)22(5,23-21(24)27)18-10-13(3)28-14(18)4/h8-11H,6-7,12H2,1-5H3,(H,23,27). The monoisotopic (exact) mass is 382 g/mol. The Labute approximate surface area is 164 Å². The van der Waals surface area contributed by atoms with E-state index >= 15 is 0 Å². The lowest BCUT2D eigenvalue weighted by atomic mass is 9.92. The second kappa shape index (κ2) is 7.26. The summed E-state index contributed by atoms with van der Waals surface area (Å²) >= 11 is 0. The molecule has 1 saturated heterocycles. The third-order valence-electron chi connectivity index (χ3n) is 5.42. The van der Waals surface area contributed by atoms with E-state index in [2.05, 4.69) is 5.32 Å². The van der Waals surface area contributed by atoms with Crippen LogP contribution in [0.25, 0.3) is 0 Å². The number of imide groups is 1. The van der Waals surface area contributed by atoms with Gasteiger partial charge in [0.1, 0.15) is 17.1 Å². The largest absolute Gasteiger partial charge is 0.466 e. The molecule has 1 atom stereocenters. The van der Waals surface area contributed by atoms with Gasteiger partial charge in [-0.05, 0) is 56.9 Å². The third kappa shape index (κ3) is 3.23. The Morgan fingerprint density at radius 3 is 2.43 bits per heavy atom. The van der Waals surface area contributed by atoms with Crippen molar-refractivity contribution in [1.82, 2.24) is 10.2 Å². The van der Waals surface area contributed by atoms with Gasteiger partial charge in [-0.3, -0.25) is 14.5 Å². The van der Waals surface area contributed by atoms with Crippen LogP contribution in [0.15, 0.2) is 28.7 Å². The first-order valence-electron chi connectivity index (χ1n) is 9.57. The number of aryl methyl sites for hydroxylation is 4. The summed E-state index contributed by atoms with van der Waals surface area (Å²) in [4.78, 5) is 39.6. The fraction of sp³-hybridized carbons (Fsp3) is 0.409. The highest BCUT2D eigenvalue weighted by Gasteiger charge is 2.51. The normalized spacial score (nSPS) is 19.2. The van der Waals surface area contributed by atoms with Gasteiger partial charge in [0.25, 0.3) is 5.91 Å². The van der Waals surface area contributed by atoms with Gasteiger partial charge in [0.15, 0.2) is 5.78 Å². The molecule has 1 aliphatic heterocycles. The number of carbonyl (C=O) groups is 3. The van der Waals surface area contributed by atoms with Crippen molar-refractivity contribution in [2.24, 2.45) is 0 Å². The molecule has 0 bridgehead atoms. The molecule has 6 nitrogen and oxygen atoms in total. The molecule has 1 aliphatic rings. The molecular weight excluding hydrogens is 356 g/mol. The van der Waals surface area contributed by atoms with E-state index in [0.717, 1.165) is 22.4 Å². The fourth-order valence-electron chi connectivity index (χ4n) is 3.79. The minimum Gasteiger partial charge on any atom is -0.466 e. The number of urea groups is 1. The molecule has 2 aromatic rings. The van der Waals surface area contributed by atoms with Gasteiger partial charge in [0.05, 0.1) is 6.54 Å². The van der Waals surface area contributed by atoms with Crippen molar-refractivity contribution in [3.8, 4) is 0 Å². The highest BCUT2D eigenvalue weighted by molar-refractivity contribution is 6.11. The average molecular weight is 382 g/mol. The number of rotatable bonds is 6.